The van der Waals surface area contributed by atoms with Crippen LogP contribution in [-0.4, -0.2) is 24.2 Å². The zero-order valence-corrected chi connectivity index (χ0v) is 11.2. The van der Waals surface area contributed by atoms with E-state index in [1.165, 1.54) is 6.07 Å². The lowest BCUT2D eigenvalue weighted by Crippen LogP contribution is -2.25. The van der Waals surface area contributed by atoms with Crippen LogP contribution in [-0.2, 0) is 16.0 Å². The highest BCUT2D eigenvalue weighted by Gasteiger charge is 2.27. The van der Waals surface area contributed by atoms with E-state index in [1.807, 2.05) is 0 Å². The van der Waals surface area contributed by atoms with Gasteiger partial charge in [0.05, 0.1) is 12.7 Å². The van der Waals surface area contributed by atoms with E-state index in [1.54, 1.807) is 6.07 Å². The van der Waals surface area contributed by atoms with Gasteiger partial charge in [-0.2, -0.15) is 0 Å². The number of rotatable bonds is 2. The van der Waals surface area contributed by atoms with Gasteiger partial charge in [-0.05, 0) is 37.0 Å². The summed E-state index contributed by atoms with van der Waals surface area (Å²) in [7, 11) is 0. The third-order valence-corrected chi connectivity index (χ3v) is 4.08. The Balaban J connectivity index is 1.87. The predicted octanol–water partition coefficient (Wildman–Crippen LogP) is 2.17. The molecule has 3 rings (SSSR count). The number of aliphatic hydroxyl groups excluding tert-OH is 1. The number of halogens is 1. The SMILES string of the molecule is O=C1CCc2cc(C(O)C3CCCOC3)c(F)cc2N1. The van der Waals surface area contributed by atoms with E-state index in [0.29, 0.717) is 37.3 Å². The number of nitrogens with one attached hydrogen (secondary N) is 1. The molecule has 0 aromatic heterocycles. The third-order valence-electron chi connectivity index (χ3n) is 4.08. The molecule has 1 amide bonds. The molecule has 20 heavy (non-hydrogen) atoms. The van der Waals surface area contributed by atoms with Crippen LogP contribution >= 0.6 is 0 Å². The van der Waals surface area contributed by atoms with Gasteiger partial charge in [-0.15, -0.1) is 0 Å². The van der Waals surface area contributed by atoms with Crippen molar-refractivity contribution in [2.24, 2.45) is 5.92 Å². The molecule has 1 aromatic rings. The van der Waals surface area contributed by atoms with Crippen molar-refractivity contribution in [2.75, 3.05) is 18.5 Å². The number of hydrogen-bond donors (Lipinski definition) is 2. The summed E-state index contributed by atoms with van der Waals surface area (Å²) in [5, 5.41) is 13.0. The van der Waals surface area contributed by atoms with Crippen LogP contribution in [0.25, 0.3) is 0 Å². The van der Waals surface area contributed by atoms with Gasteiger partial charge in [0.1, 0.15) is 5.82 Å². The first-order valence-electron chi connectivity index (χ1n) is 7.03. The Labute approximate surface area is 116 Å². The molecule has 0 spiro atoms. The number of amides is 1. The van der Waals surface area contributed by atoms with Gasteiger partial charge in [-0.1, -0.05) is 0 Å². The second-order valence-corrected chi connectivity index (χ2v) is 5.50. The van der Waals surface area contributed by atoms with Gasteiger partial charge < -0.3 is 15.2 Å². The second-order valence-electron chi connectivity index (χ2n) is 5.50. The number of carbonyl (C=O) groups excluding carboxylic acids is 1. The maximum absolute atomic E-state index is 14.2. The third kappa shape index (κ3) is 2.55. The lowest BCUT2D eigenvalue weighted by molar-refractivity contribution is -0.116. The molecule has 1 aromatic carbocycles. The van der Waals surface area contributed by atoms with Gasteiger partial charge in [-0.25, -0.2) is 4.39 Å². The number of fused-ring (bicyclic) bond motifs is 1. The minimum Gasteiger partial charge on any atom is -0.388 e. The summed E-state index contributed by atoms with van der Waals surface area (Å²) in [4.78, 5) is 11.3. The predicted molar refractivity (Wildman–Crippen MR) is 71.9 cm³/mol. The largest absolute Gasteiger partial charge is 0.388 e. The van der Waals surface area contributed by atoms with E-state index < -0.39 is 11.9 Å². The summed E-state index contributed by atoms with van der Waals surface area (Å²) in [5.41, 5.74) is 1.72. The monoisotopic (exact) mass is 279 g/mol. The average Bonchev–Trinajstić information content (AvgIpc) is 2.46. The zero-order valence-electron chi connectivity index (χ0n) is 11.2. The van der Waals surface area contributed by atoms with Gasteiger partial charge in [0, 0.05) is 30.2 Å². The Morgan fingerprint density at radius 1 is 1.40 bits per heavy atom. The normalized spacial score (nSPS) is 23.9. The standard InChI is InChI=1S/C15H18FNO3/c16-12-7-13-9(3-4-14(18)17-13)6-11(12)15(19)10-2-1-5-20-8-10/h6-7,10,15,19H,1-5,8H2,(H,17,18). The Kier molecular flexibility index (Phi) is 3.72. The molecule has 2 aliphatic rings. The molecule has 0 bridgehead atoms. The van der Waals surface area contributed by atoms with Crippen molar-refractivity contribution in [3.63, 3.8) is 0 Å². The van der Waals surface area contributed by atoms with Crippen molar-refractivity contribution in [1.29, 1.82) is 0 Å². The quantitative estimate of drug-likeness (QED) is 0.872. The van der Waals surface area contributed by atoms with Crippen LogP contribution in [0.1, 0.15) is 36.5 Å². The number of carbonyl (C=O) groups is 1. The molecule has 0 radical (unpaired) electrons. The van der Waals surface area contributed by atoms with Crippen LogP contribution in [0.4, 0.5) is 10.1 Å². The fourth-order valence-electron chi connectivity index (χ4n) is 2.92. The zero-order chi connectivity index (χ0) is 14.1. The molecule has 2 heterocycles. The highest BCUT2D eigenvalue weighted by molar-refractivity contribution is 5.93. The van der Waals surface area contributed by atoms with Gasteiger partial charge in [0.25, 0.3) is 0 Å². The van der Waals surface area contributed by atoms with Crippen molar-refractivity contribution >= 4 is 11.6 Å². The molecular weight excluding hydrogens is 261 g/mol. The molecule has 1 fully saturated rings. The Morgan fingerprint density at radius 3 is 3.00 bits per heavy atom. The lowest BCUT2D eigenvalue weighted by atomic mass is 9.88. The molecule has 2 N–H and O–H groups in total. The van der Waals surface area contributed by atoms with E-state index in [9.17, 15) is 14.3 Å². The van der Waals surface area contributed by atoms with Crippen molar-refractivity contribution in [3.8, 4) is 0 Å². The van der Waals surface area contributed by atoms with E-state index in [4.69, 9.17) is 4.74 Å². The number of aliphatic hydroxyl groups is 1. The Morgan fingerprint density at radius 2 is 2.25 bits per heavy atom. The summed E-state index contributed by atoms with van der Waals surface area (Å²) in [5.74, 6) is -0.621. The highest BCUT2D eigenvalue weighted by Crippen LogP contribution is 2.34. The molecule has 108 valence electrons. The summed E-state index contributed by atoms with van der Waals surface area (Å²) in [6.07, 6.45) is 1.88. The maximum atomic E-state index is 14.2. The molecule has 2 atom stereocenters. The molecule has 0 aliphatic carbocycles. The van der Waals surface area contributed by atoms with Crippen LogP contribution in [0.5, 0.6) is 0 Å². The number of anilines is 1. The first-order valence-corrected chi connectivity index (χ1v) is 7.03. The van der Waals surface area contributed by atoms with Gasteiger partial charge in [0.15, 0.2) is 0 Å². The minimum absolute atomic E-state index is 0.0607. The molecule has 0 saturated carbocycles. The van der Waals surface area contributed by atoms with Crippen LogP contribution in [0.2, 0.25) is 0 Å². The summed E-state index contributed by atoms with van der Waals surface area (Å²) < 4.78 is 19.5. The van der Waals surface area contributed by atoms with E-state index in [-0.39, 0.29) is 11.8 Å². The van der Waals surface area contributed by atoms with E-state index in [2.05, 4.69) is 5.32 Å². The van der Waals surface area contributed by atoms with Crippen LogP contribution in [0.15, 0.2) is 12.1 Å². The number of benzene rings is 1. The maximum Gasteiger partial charge on any atom is 0.224 e. The average molecular weight is 279 g/mol. The number of aryl methyl sites for hydroxylation is 1. The molecule has 2 unspecified atom stereocenters. The number of ether oxygens (including phenoxy) is 1. The first kappa shape index (κ1) is 13.5. The van der Waals surface area contributed by atoms with Crippen LogP contribution < -0.4 is 5.32 Å². The first-order chi connectivity index (χ1) is 9.65. The van der Waals surface area contributed by atoms with Crippen LogP contribution in [0, 0.1) is 11.7 Å². The topological polar surface area (TPSA) is 58.6 Å². The molecule has 1 saturated heterocycles. The van der Waals surface area contributed by atoms with Gasteiger partial charge in [-0.3, -0.25) is 4.79 Å². The smallest absolute Gasteiger partial charge is 0.224 e. The summed E-state index contributed by atoms with van der Waals surface area (Å²) in [6, 6.07) is 3.00. The molecule has 5 heteroatoms. The van der Waals surface area contributed by atoms with Gasteiger partial charge >= 0.3 is 0 Å². The highest BCUT2D eigenvalue weighted by atomic mass is 19.1. The molecule has 4 nitrogen and oxygen atoms in total. The summed E-state index contributed by atoms with van der Waals surface area (Å²) in [6.45, 7) is 1.18. The van der Waals surface area contributed by atoms with Crippen molar-refractivity contribution < 1.29 is 19.0 Å². The fourth-order valence-corrected chi connectivity index (χ4v) is 2.92. The minimum atomic E-state index is -0.849. The second kappa shape index (κ2) is 5.50. The Hall–Kier alpha value is -1.46. The lowest BCUT2D eigenvalue weighted by Gasteiger charge is -2.28. The number of hydrogen-bond acceptors (Lipinski definition) is 3. The van der Waals surface area contributed by atoms with E-state index >= 15 is 0 Å². The van der Waals surface area contributed by atoms with Gasteiger partial charge in [0.2, 0.25) is 5.91 Å². The van der Waals surface area contributed by atoms with Crippen LogP contribution in [0.3, 0.4) is 0 Å². The summed E-state index contributed by atoms with van der Waals surface area (Å²) >= 11 is 0. The van der Waals surface area contributed by atoms with Crippen molar-refractivity contribution in [1.82, 2.24) is 0 Å². The molecular formula is C15H18FNO3. The Bertz CT molecular complexity index is 526. The molecule has 2 aliphatic heterocycles. The van der Waals surface area contributed by atoms with E-state index in [0.717, 1.165) is 18.4 Å². The van der Waals surface area contributed by atoms with Crippen molar-refractivity contribution in [2.45, 2.75) is 31.8 Å². The van der Waals surface area contributed by atoms with Crippen molar-refractivity contribution in [3.05, 3.63) is 29.1 Å². The fraction of sp³-hybridized carbons (Fsp3) is 0.533.